The first-order valence-electron chi connectivity index (χ1n) is 7.63. The van der Waals surface area contributed by atoms with Crippen molar-refractivity contribution in [3.63, 3.8) is 0 Å². The number of para-hydroxylation sites is 1. The molecule has 0 atom stereocenters. The summed E-state index contributed by atoms with van der Waals surface area (Å²) in [5.41, 5.74) is 2.90. The van der Waals surface area contributed by atoms with Crippen molar-refractivity contribution in [1.29, 1.82) is 5.26 Å². The van der Waals surface area contributed by atoms with Crippen LogP contribution in [-0.2, 0) is 4.79 Å². The van der Waals surface area contributed by atoms with Gasteiger partial charge in [-0.25, -0.2) is 0 Å². The molecule has 2 aromatic carbocycles. The number of amides is 1. The third-order valence-electron chi connectivity index (χ3n) is 3.46. The van der Waals surface area contributed by atoms with Gasteiger partial charge in [-0.05, 0) is 37.3 Å². The molecule has 1 amide bonds. The molecule has 0 saturated heterocycles. The van der Waals surface area contributed by atoms with E-state index in [0.717, 1.165) is 11.3 Å². The maximum Gasteiger partial charge on any atom is 0.266 e. The molecule has 0 saturated carbocycles. The number of rotatable bonds is 4. The summed E-state index contributed by atoms with van der Waals surface area (Å²) in [7, 11) is 0. The number of nitrogens with zero attached hydrogens (tertiary/aromatic N) is 4. The van der Waals surface area contributed by atoms with E-state index in [-0.39, 0.29) is 5.57 Å². The first-order chi connectivity index (χ1) is 12.2. The second-order valence-electron chi connectivity index (χ2n) is 5.38. The Hall–Kier alpha value is -3.72. The zero-order valence-corrected chi connectivity index (χ0v) is 13.5. The minimum Gasteiger partial charge on any atom is -0.321 e. The lowest BCUT2D eigenvalue weighted by Gasteiger charge is -2.04. The highest BCUT2D eigenvalue weighted by Crippen LogP contribution is 2.12. The fraction of sp³-hybridized carbons (Fsp3) is 0.0526. The summed E-state index contributed by atoms with van der Waals surface area (Å²) < 4.78 is 0. The normalized spacial score (nSPS) is 11.0. The predicted octanol–water partition coefficient (Wildman–Crippen LogP) is 3.12. The van der Waals surface area contributed by atoms with Crippen LogP contribution in [0.3, 0.4) is 0 Å². The quantitative estimate of drug-likeness (QED) is 0.589. The van der Waals surface area contributed by atoms with Gasteiger partial charge < -0.3 is 5.32 Å². The predicted molar refractivity (Wildman–Crippen MR) is 94.8 cm³/mol. The number of carbonyl (C=O) groups excluding carboxylic acids is 1. The molecule has 0 aliphatic carbocycles. The van der Waals surface area contributed by atoms with Crippen LogP contribution in [0, 0.1) is 18.3 Å². The van der Waals surface area contributed by atoms with Crippen LogP contribution in [0.2, 0.25) is 0 Å². The summed E-state index contributed by atoms with van der Waals surface area (Å²) in [5, 5.41) is 20.4. The number of nitrogens with one attached hydrogen (secondary N) is 1. The summed E-state index contributed by atoms with van der Waals surface area (Å²) in [4.78, 5) is 13.7. The molecule has 0 bridgehead atoms. The van der Waals surface area contributed by atoms with Crippen LogP contribution >= 0.6 is 0 Å². The fourth-order valence-corrected chi connectivity index (χ4v) is 2.16. The van der Waals surface area contributed by atoms with Gasteiger partial charge in [-0.2, -0.15) is 15.2 Å². The smallest absolute Gasteiger partial charge is 0.266 e. The highest BCUT2D eigenvalue weighted by atomic mass is 16.1. The largest absolute Gasteiger partial charge is 0.321 e. The second-order valence-corrected chi connectivity index (χ2v) is 5.38. The van der Waals surface area contributed by atoms with Gasteiger partial charge in [-0.1, -0.05) is 35.9 Å². The molecule has 0 aliphatic rings. The molecule has 6 nitrogen and oxygen atoms in total. The van der Waals surface area contributed by atoms with E-state index in [0.29, 0.717) is 11.4 Å². The van der Waals surface area contributed by atoms with Gasteiger partial charge in [0.25, 0.3) is 5.91 Å². The molecule has 6 heteroatoms. The van der Waals surface area contributed by atoms with E-state index >= 15 is 0 Å². The van der Waals surface area contributed by atoms with Gasteiger partial charge in [0.2, 0.25) is 0 Å². The van der Waals surface area contributed by atoms with Crippen molar-refractivity contribution in [2.24, 2.45) is 0 Å². The third kappa shape index (κ3) is 3.98. The Labute approximate surface area is 145 Å². The van der Waals surface area contributed by atoms with Gasteiger partial charge in [0.1, 0.15) is 17.3 Å². The van der Waals surface area contributed by atoms with E-state index in [2.05, 4.69) is 15.5 Å². The Morgan fingerprint density at radius 3 is 2.56 bits per heavy atom. The van der Waals surface area contributed by atoms with Crippen molar-refractivity contribution in [1.82, 2.24) is 15.0 Å². The average Bonchev–Trinajstić information content (AvgIpc) is 3.11. The molecule has 1 aromatic heterocycles. The fourth-order valence-electron chi connectivity index (χ4n) is 2.16. The first kappa shape index (κ1) is 16.1. The Balaban J connectivity index is 1.78. The number of hydrogen-bond donors (Lipinski definition) is 1. The molecule has 1 heterocycles. The maximum atomic E-state index is 12.3. The van der Waals surface area contributed by atoms with Crippen LogP contribution < -0.4 is 5.32 Å². The number of aromatic nitrogens is 3. The monoisotopic (exact) mass is 329 g/mol. The lowest BCUT2D eigenvalue weighted by molar-refractivity contribution is -0.112. The lowest BCUT2D eigenvalue weighted by atomic mass is 10.2. The van der Waals surface area contributed by atoms with Crippen LogP contribution in [0.25, 0.3) is 11.8 Å². The Bertz CT molecular complexity index is 949. The number of anilines is 1. The molecule has 0 spiro atoms. The van der Waals surface area contributed by atoms with Crippen LogP contribution in [-0.4, -0.2) is 20.9 Å². The molecule has 0 radical (unpaired) electrons. The van der Waals surface area contributed by atoms with Crippen molar-refractivity contribution in [2.75, 3.05) is 5.32 Å². The van der Waals surface area contributed by atoms with Gasteiger partial charge in [0, 0.05) is 5.69 Å². The maximum absolute atomic E-state index is 12.3. The second kappa shape index (κ2) is 7.23. The highest BCUT2D eigenvalue weighted by molar-refractivity contribution is 6.09. The molecule has 0 aliphatic heterocycles. The van der Waals surface area contributed by atoms with Crippen LogP contribution in [0.4, 0.5) is 5.69 Å². The molecule has 25 heavy (non-hydrogen) atoms. The van der Waals surface area contributed by atoms with Gasteiger partial charge in [0.15, 0.2) is 0 Å². The Morgan fingerprint density at radius 2 is 1.88 bits per heavy atom. The molecule has 1 N–H and O–H groups in total. The number of aryl methyl sites for hydroxylation is 1. The van der Waals surface area contributed by atoms with E-state index < -0.39 is 5.91 Å². The summed E-state index contributed by atoms with van der Waals surface area (Å²) in [6, 6.07) is 18.6. The molecular weight excluding hydrogens is 314 g/mol. The zero-order valence-electron chi connectivity index (χ0n) is 13.5. The van der Waals surface area contributed by atoms with Gasteiger partial charge in [-0.3, -0.25) is 4.79 Å². The number of hydrogen-bond acceptors (Lipinski definition) is 4. The lowest BCUT2D eigenvalue weighted by Crippen LogP contribution is -2.13. The molecule has 0 unspecified atom stereocenters. The van der Waals surface area contributed by atoms with Crippen LogP contribution in [0.15, 0.2) is 66.4 Å². The standard InChI is InChI=1S/C19H15N5O/c1-14-7-9-16(10-8-14)22-19(25)15(12-20)11-17-13-21-24(23-17)18-5-3-2-4-6-18/h2-11,13H,1H3,(H,22,25). The Kier molecular flexibility index (Phi) is 4.67. The van der Waals surface area contributed by atoms with E-state index in [9.17, 15) is 10.1 Å². The number of benzene rings is 2. The SMILES string of the molecule is Cc1ccc(NC(=O)C(C#N)=Cc2cnn(-c3ccccc3)n2)cc1. The average molecular weight is 329 g/mol. The van der Waals surface area contributed by atoms with Crippen LogP contribution in [0.1, 0.15) is 11.3 Å². The summed E-state index contributed by atoms with van der Waals surface area (Å²) >= 11 is 0. The van der Waals surface area contributed by atoms with Crippen molar-refractivity contribution in [2.45, 2.75) is 6.92 Å². The van der Waals surface area contributed by atoms with E-state index in [1.165, 1.54) is 17.1 Å². The van der Waals surface area contributed by atoms with Crippen molar-refractivity contribution in [3.05, 3.63) is 77.6 Å². The molecular formula is C19H15N5O. The topological polar surface area (TPSA) is 83.6 Å². The van der Waals surface area contributed by atoms with Crippen LogP contribution in [0.5, 0.6) is 0 Å². The van der Waals surface area contributed by atoms with E-state index in [1.54, 1.807) is 12.1 Å². The zero-order chi connectivity index (χ0) is 17.6. The molecule has 122 valence electrons. The summed E-state index contributed by atoms with van der Waals surface area (Å²) in [6.45, 7) is 1.96. The molecule has 3 aromatic rings. The van der Waals surface area contributed by atoms with E-state index in [1.807, 2.05) is 55.5 Å². The van der Waals surface area contributed by atoms with Gasteiger partial charge in [0.05, 0.1) is 11.9 Å². The van der Waals surface area contributed by atoms with Crippen molar-refractivity contribution >= 4 is 17.7 Å². The number of nitriles is 1. The highest BCUT2D eigenvalue weighted by Gasteiger charge is 2.11. The number of carbonyl (C=O) groups is 1. The third-order valence-corrected chi connectivity index (χ3v) is 3.46. The Morgan fingerprint density at radius 1 is 1.16 bits per heavy atom. The van der Waals surface area contributed by atoms with E-state index in [4.69, 9.17) is 0 Å². The van der Waals surface area contributed by atoms with Gasteiger partial charge in [-0.15, -0.1) is 5.10 Å². The molecule has 0 fully saturated rings. The summed E-state index contributed by atoms with van der Waals surface area (Å²) in [6.07, 6.45) is 2.92. The molecule has 3 rings (SSSR count). The first-order valence-corrected chi connectivity index (χ1v) is 7.63. The minimum atomic E-state index is -0.486. The summed E-state index contributed by atoms with van der Waals surface area (Å²) in [5.74, 6) is -0.486. The minimum absolute atomic E-state index is 0.0410. The van der Waals surface area contributed by atoms with Crippen molar-refractivity contribution < 1.29 is 4.79 Å². The van der Waals surface area contributed by atoms with Gasteiger partial charge >= 0.3 is 0 Å². The van der Waals surface area contributed by atoms with Crippen molar-refractivity contribution in [3.8, 4) is 11.8 Å².